The molecule has 5 aliphatic rings. The number of aliphatic imine (C=N–C) groups is 1. The van der Waals surface area contributed by atoms with Gasteiger partial charge in [-0.15, -0.1) is 0 Å². The van der Waals surface area contributed by atoms with E-state index in [2.05, 4.69) is 22.5 Å². The molecular weight excluding hydrogens is 404 g/mol. The average molecular weight is 435 g/mol. The van der Waals surface area contributed by atoms with Crippen LogP contribution >= 0.6 is 0 Å². The SMILES string of the molecule is NC(=O)C1C=C2CN1/C=C/N=C/OC1=CC\1=C/C=C/C=C/C1CC3CCCCC3NC1O2. The zero-order valence-electron chi connectivity index (χ0n) is 18.1. The lowest BCUT2D eigenvalue weighted by Crippen LogP contribution is -2.54. The van der Waals surface area contributed by atoms with Crippen molar-refractivity contribution in [3.8, 4) is 0 Å². The quantitative estimate of drug-likeness (QED) is 0.662. The number of nitrogens with two attached hydrogens (primary N) is 1. The number of ether oxygens (including phenoxy) is 2. The second kappa shape index (κ2) is 9.20. The first-order valence-electron chi connectivity index (χ1n) is 11.5. The van der Waals surface area contributed by atoms with Crippen molar-refractivity contribution in [1.82, 2.24) is 10.2 Å². The van der Waals surface area contributed by atoms with Gasteiger partial charge in [0.05, 0.1) is 6.54 Å². The van der Waals surface area contributed by atoms with Crippen LogP contribution in [0.25, 0.3) is 0 Å². The third kappa shape index (κ3) is 4.72. The zero-order chi connectivity index (χ0) is 21.9. The molecule has 3 N–H and O–H groups in total. The van der Waals surface area contributed by atoms with Gasteiger partial charge in [-0.2, -0.15) is 0 Å². The fourth-order valence-electron chi connectivity index (χ4n) is 5.07. The maximum Gasteiger partial charge on any atom is 0.244 e. The summed E-state index contributed by atoms with van der Waals surface area (Å²) in [5, 5.41) is 3.77. The second-order valence-electron chi connectivity index (χ2n) is 8.98. The molecule has 0 radical (unpaired) electrons. The molecule has 0 aromatic rings. The molecule has 7 heteroatoms. The van der Waals surface area contributed by atoms with E-state index in [0.29, 0.717) is 18.5 Å². The van der Waals surface area contributed by atoms with Crippen LogP contribution in [0.2, 0.25) is 0 Å². The molecule has 1 amide bonds. The maximum atomic E-state index is 12.0. The summed E-state index contributed by atoms with van der Waals surface area (Å²) in [4.78, 5) is 18.0. The van der Waals surface area contributed by atoms with Gasteiger partial charge in [-0.05, 0) is 37.3 Å². The molecule has 5 atom stereocenters. The van der Waals surface area contributed by atoms with Gasteiger partial charge in [0.1, 0.15) is 17.6 Å². The van der Waals surface area contributed by atoms with Gasteiger partial charge >= 0.3 is 0 Å². The van der Waals surface area contributed by atoms with Gasteiger partial charge < -0.3 is 20.1 Å². The summed E-state index contributed by atoms with van der Waals surface area (Å²) in [5.41, 5.74) is 6.69. The first-order chi connectivity index (χ1) is 15.7. The Morgan fingerprint density at radius 2 is 2.12 bits per heavy atom. The van der Waals surface area contributed by atoms with E-state index in [1.807, 2.05) is 35.3 Å². The third-order valence-electron chi connectivity index (χ3n) is 6.79. The molecule has 5 unspecified atom stereocenters. The summed E-state index contributed by atoms with van der Waals surface area (Å²) in [6.07, 6.45) is 25.0. The fraction of sp³-hybridized carbons (Fsp3) is 0.440. The van der Waals surface area contributed by atoms with Crippen LogP contribution in [0.4, 0.5) is 0 Å². The topological polar surface area (TPSA) is 89.2 Å². The minimum Gasteiger partial charge on any atom is -0.477 e. The lowest BCUT2D eigenvalue weighted by Gasteiger charge is -2.44. The van der Waals surface area contributed by atoms with Gasteiger partial charge in [0.15, 0.2) is 12.6 Å². The smallest absolute Gasteiger partial charge is 0.244 e. The minimum absolute atomic E-state index is 0.122. The number of nitrogens with zero attached hydrogens (tertiary/aromatic N) is 2. The molecule has 168 valence electrons. The van der Waals surface area contributed by atoms with E-state index in [0.717, 1.165) is 23.5 Å². The Kier molecular flexibility index (Phi) is 5.99. The summed E-state index contributed by atoms with van der Waals surface area (Å²) < 4.78 is 11.9. The van der Waals surface area contributed by atoms with Crippen LogP contribution in [0.1, 0.15) is 32.1 Å². The average Bonchev–Trinajstić information content (AvgIpc) is 3.40. The van der Waals surface area contributed by atoms with Gasteiger partial charge in [-0.25, -0.2) is 4.99 Å². The largest absolute Gasteiger partial charge is 0.477 e. The number of hydrogen-bond donors (Lipinski definition) is 2. The van der Waals surface area contributed by atoms with Gasteiger partial charge in [-0.3, -0.25) is 10.1 Å². The first-order valence-corrected chi connectivity index (χ1v) is 11.5. The second-order valence-corrected chi connectivity index (χ2v) is 8.98. The van der Waals surface area contributed by atoms with Crippen molar-refractivity contribution < 1.29 is 14.3 Å². The number of allylic oxidation sites excluding steroid dienone is 6. The van der Waals surface area contributed by atoms with Crippen molar-refractivity contribution >= 4 is 12.3 Å². The van der Waals surface area contributed by atoms with Crippen molar-refractivity contribution in [2.45, 2.75) is 50.4 Å². The number of carbonyl (C=O) groups excluding carboxylic acids is 1. The van der Waals surface area contributed by atoms with E-state index >= 15 is 0 Å². The summed E-state index contributed by atoms with van der Waals surface area (Å²) in [6.45, 7) is 0.473. The van der Waals surface area contributed by atoms with Crippen molar-refractivity contribution in [3.63, 3.8) is 0 Å². The molecule has 1 saturated carbocycles. The van der Waals surface area contributed by atoms with Crippen LogP contribution in [-0.4, -0.2) is 42.1 Å². The number of nitrogens with one attached hydrogen (secondary N) is 1. The molecule has 1 saturated heterocycles. The number of primary amides is 1. The van der Waals surface area contributed by atoms with E-state index in [9.17, 15) is 4.79 Å². The number of fused-ring (bicyclic) bond motifs is 5. The van der Waals surface area contributed by atoms with E-state index in [1.54, 1.807) is 12.4 Å². The Hall–Kier alpha value is -3.06. The molecule has 3 heterocycles. The molecule has 0 aromatic carbocycles. The highest BCUT2D eigenvalue weighted by Crippen LogP contribution is 2.37. The van der Waals surface area contributed by atoms with E-state index < -0.39 is 11.9 Å². The molecule has 2 bridgehead atoms. The molecular formula is C25H30N4O3. The van der Waals surface area contributed by atoms with Crippen LogP contribution in [0.5, 0.6) is 0 Å². The zero-order valence-corrected chi connectivity index (χ0v) is 18.1. The molecule has 7 nitrogen and oxygen atoms in total. The Morgan fingerprint density at radius 3 is 3.03 bits per heavy atom. The summed E-state index contributed by atoms with van der Waals surface area (Å²) in [5.74, 6) is 2.10. The summed E-state index contributed by atoms with van der Waals surface area (Å²) in [6, 6.07) is -0.0572. The predicted octanol–water partition coefficient (Wildman–Crippen LogP) is 3.02. The maximum absolute atomic E-state index is 12.0. The Morgan fingerprint density at radius 1 is 1.22 bits per heavy atom. The molecule has 5 rings (SSSR count). The lowest BCUT2D eigenvalue weighted by atomic mass is 9.75. The summed E-state index contributed by atoms with van der Waals surface area (Å²) >= 11 is 0. The van der Waals surface area contributed by atoms with Gasteiger partial charge in [0.25, 0.3) is 0 Å². The van der Waals surface area contributed by atoms with Crippen LogP contribution in [0.3, 0.4) is 0 Å². The van der Waals surface area contributed by atoms with E-state index in [-0.39, 0.29) is 12.1 Å². The molecule has 2 aliphatic carbocycles. The van der Waals surface area contributed by atoms with Gasteiger partial charge in [0.2, 0.25) is 5.91 Å². The lowest BCUT2D eigenvalue weighted by molar-refractivity contribution is -0.120. The van der Waals surface area contributed by atoms with Crippen LogP contribution in [-0.2, 0) is 14.3 Å². The van der Waals surface area contributed by atoms with Gasteiger partial charge in [-0.1, -0.05) is 43.2 Å². The molecule has 32 heavy (non-hydrogen) atoms. The number of piperidine rings is 1. The van der Waals surface area contributed by atoms with E-state index in [4.69, 9.17) is 15.2 Å². The standard InChI is InChI=1S/C25H30N4O3/c26-24(30)22-14-20-15-29(22)11-10-27-16-31-23-13-18(23)7-2-1-3-8-19-12-17-6-4-5-9-21(17)28-25(19)32-20/h1-3,7-8,10-11,13-14,16-17,19,21-22,25,28H,4-6,9,12,15H2,(H2,26,30)/b2-1+,8-3+,11-10+,18-7+,27-16+. The fourth-order valence-corrected chi connectivity index (χ4v) is 5.07. The van der Waals surface area contributed by atoms with Crippen molar-refractivity contribution in [3.05, 3.63) is 72.0 Å². The first kappa shape index (κ1) is 20.8. The molecule has 3 aliphatic heterocycles. The van der Waals surface area contributed by atoms with E-state index in [1.165, 1.54) is 32.1 Å². The van der Waals surface area contributed by atoms with Gasteiger partial charge in [0, 0.05) is 29.9 Å². The Bertz CT molecular complexity index is 958. The number of hydrogen-bond acceptors (Lipinski definition) is 6. The highest BCUT2D eigenvalue weighted by molar-refractivity contribution is 5.82. The highest BCUT2D eigenvalue weighted by atomic mass is 16.5. The van der Waals surface area contributed by atoms with Crippen LogP contribution in [0, 0.1) is 11.8 Å². The van der Waals surface area contributed by atoms with Crippen LogP contribution < -0.4 is 11.1 Å². The number of amides is 1. The Labute approximate surface area is 188 Å². The van der Waals surface area contributed by atoms with Crippen molar-refractivity contribution in [1.29, 1.82) is 0 Å². The highest BCUT2D eigenvalue weighted by Gasteiger charge is 2.39. The molecule has 0 aromatic heterocycles. The number of carbonyl (C=O) groups is 1. The molecule has 0 spiro atoms. The summed E-state index contributed by atoms with van der Waals surface area (Å²) in [7, 11) is 0. The minimum atomic E-state index is -0.553. The monoisotopic (exact) mass is 434 g/mol. The van der Waals surface area contributed by atoms with Crippen molar-refractivity contribution in [2.75, 3.05) is 6.54 Å². The molecule has 2 fully saturated rings. The third-order valence-corrected chi connectivity index (χ3v) is 6.79. The normalized spacial score (nSPS) is 39.4. The predicted molar refractivity (Wildman–Crippen MR) is 123 cm³/mol. The van der Waals surface area contributed by atoms with Crippen molar-refractivity contribution in [2.24, 2.45) is 22.6 Å². The Balaban J connectivity index is 1.39. The van der Waals surface area contributed by atoms with Crippen LogP contribution in [0.15, 0.2) is 77.0 Å². The number of rotatable bonds is 1.